The maximum atomic E-state index is 13.4. The number of nitrogens with one attached hydrogen (secondary N) is 5. The van der Waals surface area contributed by atoms with Crippen molar-refractivity contribution in [1.29, 1.82) is 0 Å². The minimum absolute atomic E-state index is 0.00640. The van der Waals surface area contributed by atoms with Crippen molar-refractivity contribution >= 4 is 47.8 Å². The third kappa shape index (κ3) is 14.7. The average Bonchev–Trinajstić information content (AvgIpc) is 3.17. The lowest BCUT2D eigenvalue weighted by atomic mass is 10.1. The van der Waals surface area contributed by atoms with Gasteiger partial charge < -0.3 is 30.2 Å². The third-order valence-electron chi connectivity index (χ3n) is 7.56. The molecule has 1 aromatic heterocycles. The van der Waals surface area contributed by atoms with Crippen molar-refractivity contribution in [2.24, 2.45) is 10.7 Å². The van der Waals surface area contributed by atoms with E-state index in [1.54, 1.807) is 72.8 Å². The van der Waals surface area contributed by atoms with E-state index in [4.69, 9.17) is 19.9 Å². The van der Waals surface area contributed by atoms with Crippen LogP contribution in [0.3, 0.4) is 0 Å². The van der Waals surface area contributed by atoms with Gasteiger partial charge in [-0.25, -0.2) is 24.2 Å². The molecule has 0 saturated heterocycles. The minimum Gasteiger partial charge on any atom is -0.445 e. The normalized spacial score (nSPS) is 10.9. The molecule has 6 amide bonds. The Labute approximate surface area is 315 Å². The first-order valence-corrected chi connectivity index (χ1v) is 16.9. The number of guanidine groups is 1. The molecule has 18 heteroatoms. The molecule has 0 unspecified atom stereocenters. The molecule has 0 aliphatic rings. The van der Waals surface area contributed by atoms with E-state index in [9.17, 15) is 28.8 Å². The molecule has 1 atom stereocenters. The van der Waals surface area contributed by atoms with Crippen LogP contribution in [0.25, 0.3) is 0 Å². The number of amides is 6. The van der Waals surface area contributed by atoms with Crippen LogP contribution in [-0.2, 0) is 38.8 Å². The SMILES string of the molecule is CN(C(=O)C[C@H](CCCN=C(NC(=O)OCc1ccccc1)NC(=O)OCc1ccccc1)NC(=O)OCc1ccccc1)c1cnc(NC(N)=O)[nH]c1=O. The first-order valence-electron chi connectivity index (χ1n) is 16.9. The lowest BCUT2D eigenvalue weighted by molar-refractivity contribution is -0.118. The Balaban J connectivity index is 1.42. The van der Waals surface area contributed by atoms with Gasteiger partial charge in [-0.05, 0) is 29.5 Å². The van der Waals surface area contributed by atoms with Crippen LogP contribution in [0.2, 0.25) is 0 Å². The molecule has 7 N–H and O–H groups in total. The second-order valence-corrected chi connectivity index (χ2v) is 11.7. The maximum absolute atomic E-state index is 13.4. The number of aliphatic imine (C=N–C) groups is 1. The quantitative estimate of drug-likeness (QED) is 0.0442. The highest BCUT2D eigenvalue weighted by molar-refractivity contribution is 6.01. The number of aromatic amines is 1. The Kier molecular flexibility index (Phi) is 15.7. The van der Waals surface area contributed by atoms with Gasteiger partial charge in [-0.2, -0.15) is 0 Å². The monoisotopic (exact) mass is 755 g/mol. The van der Waals surface area contributed by atoms with Gasteiger partial charge in [0.25, 0.3) is 5.56 Å². The van der Waals surface area contributed by atoms with Crippen molar-refractivity contribution in [3.63, 3.8) is 0 Å². The number of rotatable bonds is 15. The molecule has 0 radical (unpaired) electrons. The number of H-pyrrole nitrogens is 1. The lowest BCUT2D eigenvalue weighted by Gasteiger charge is -2.22. The summed E-state index contributed by atoms with van der Waals surface area (Å²) in [6, 6.07) is 25.2. The molecule has 18 nitrogen and oxygen atoms in total. The highest BCUT2D eigenvalue weighted by atomic mass is 16.6. The Bertz CT molecular complexity index is 1920. The zero-order valence-electron chi connectivity index (χ0n) is 29.9. The predicted molar refractivity (Wildman–Crippen MR) is 201 cm³/mol. The first-order chi connectivity index (χ1) is 26.5. The number of hydrogen-bond donors (Lipinski definition) is 6. The van der Waals surface area contributed by atoms with Crippen molar-refractivity contribution in [2.45, 2.75) is 45.1 Å². The van der Waals surface area contributed by atoms with Crippen molar-refractivity contribution in [3.8, 4) is 0 Å². The Morgan fingerprint density at radius 3 is 1.75 bits per heavy atom. The molecule has 4 aromatic rings. The number of carbonyl (C=O) groups excluding carboxylic acids is 5. The van der Waals surface area contributed by atoms with Crippen LogP contribution in [0.1, 0.15) is 36.0 Å². The molecule has 0 saturated carbocycles. The van der Waals surface area contributed by atoms with E-state index >= 15 is 0 Å². The van der Waals surface area contributed by atoms with Crippen molar-refractivity contribution in [1.82, 2.24) is 25.9 Å². The molecule has 0 fully saturated rings. The van der Waals surface area contributed by atoms with Gasteiger partial charge in [0.05, 0.1) is 6.20 Å². The zero-order valence-corrected chi connectivity index (χ0v) is 29.9. The summed E-state index contributed by atoms with van der Waals surface area (Å²) in [5.74, 6) is -1.02. The van der Waals surface area contributed by atoms with Crippen LogP contribution in [0.5, 0.6) is 0 Å². The number of carbonyl (C=O) groups is 5. The molecule has 0 aliphatic heterocycles. The second-order valence-electron chi connectivity index (χ2n) is 11.7. The van der Waals surface area contributed by atoms with Crippen LogP contribution in [-0.4, -0.2) is 65.8 Å². The second kappa shape index (κ2) is 21.3. The van der Waals surface area contributed by atoms with E-state index in [0.29, 0.717) is 0 Å². The third-order valence-corrected chi connectivity index (χ3v) is 7.56. The maximum Gasteiger partial charge on any atom is 0.414 e. The number of primary amides is 1. The van der Waals surface area contributed by atoms with Gasteiger partial charge >= 0.3 is 24.3 Å². The van der Waals surface area contributed by atoms with Gasteiger partial charge in [0, 0.05) is 26.1 Å². The number of benzene rings is 3. The summed E-state index contributed by atoms with van der Waals surface area (Å²) in [6.07, 6.45) is -1.34. The molecule has 55 heavy (non-hydrogen) atoms. The Hall–Kier alpha value is -7.24. The zero-order chi connectivity index (χ0) is 39.4. The van der Waals surface area contributed by atoms with Crippen molar-refractivity contribution < 1.29 is 38.2 Å². The van der Waals surface area contributed by atoms with E-state index in [-0.39, 0.29) is 63.2 Å². The fourth-order valence-corrected chi connectivity index (χ4v) is 4.80. The van der Waals surface area contributed by atoms with E-state index in [2.05, 4.69) is 36.2 Å². The summed E-state index contributed by atoms with van der Waals surface area (Å²) >= 11 is 0. The van der Waals surface area contributed by atoms with Gasteiger partial charge in [0.1, 0.15) is 25.5 Å². The molecule has 288 valence electrons. The fourth-order valence-electron chi connectivity index (χ4n) is 4.80. The molecule has 3 aromatic carbocycles. The number of aromatic nitrogens is 2. The molecule has 4 rings (SSSR count). The Morgan fingerprint density at radius 1 is 0.782 bits per heavy atom. The van der Waals surface area contributed by atoms with E-state index in [1.165, 1.54) is 7.05 Å². The summed E-state index contributed by atoms with van der Waals surface area (Å²) in [4.78, 5) is 86.8. The Morgan fingerprint density at radius 2 is 1.27 bits per heavy atom. The van der Waals surface area contributed by atoms with Gasteiger partial charge in [-0.3, -0.25) is 35.5 Å². The highest BCUT2D eigenvalue weighted by Crippen LogP contribution is 2.12. The molecular weight excluding hydrogens is 714 g/mol. The van der Waals surface area contributed by atoms with Crippen molar-refractivity contribution in [3.05, 3.63) is 124 Å². The molecule has 0 spiro atoms. The van der Waals surface area contributed by atoms with Crippen LogP contribution in [0, 0.1) is 0 Å². The number of anilines is 2. The van der Waals surface area contributed by atoms with Crippen LogP contribution in [0.4, 0.5) is 30.8 Å². The average molecular weight is 756 g/mol. The van der Waals surface area contributed by atoms with Gasteiger partial charge in [-0.1, -0.05) is 91.0 Å². The summed E-state index contributed by atoms with van der Waals surface area (Å²) < 4.78 is 15.9. The topological polar surface area (TPSA) is 249 Å². The summed E-state index contributed by atoms with van der Waals surface area (Å²) in [6.45, 7) is -0.0892. The van der Waals surface area contributed by atoms with Crippen molar-refractivity contribution in [2.75, 3.05) is 23.8 Å². The number of ether oxygens (including phenoxy) is 3. The molecule has 1 heterocycles. The lowest BCUT2D eigenvalue weighted by Crippen LogP contribution is -2.44. The molecule has 0 aliphatic carbocycles. The number of alkyl carbamates (subject to hydrolysis) is 3. The molecular formula is C37H41N9O9. The minimum atomic E-state index is -0.942. The summed E-state index contributed by atoms with van der Waals surface area (Å²) in [5, 5.41) is 9.65. The van der Waals surface area contributed by atoms with Crippen LogP contribution < -0.4 is 37.5 Å². The van der Waals surface area contributed by atoms with E-state index < -0.39 is 41.8 Å². The van der Waals surface area contributed by atoms with E-state index in [1.807, 2.05) is 18.2 Å². The summed E-state index contributed by atoms with van der Waals surface area (Å²) in [7, 11) is 1.35. The largest absolute Gasteiger partial charge is 0.445 e. The van der Waals surface area contributed by atoms with Crippen LogP contribution >= 0.6 is 0 Å². The molecule has 0 bridgehead atoms. The van der Waals surface area contributed by atoms with Crippen LogP contribution in [0.15, 0.2) is 107 Å². The summed E-state index contributed by atoms with van der Waals surface area (Å²) in [5.41, 5.74) is 6.44. The number of hydrogen-bond acceptors (Lipinski definition) is 11. The van der Waals surface area contributed by atoms with Gasteiger partial charge in [0.2, 0.25) is 17.8 Å². The standard InChI is InChI=1S/C37H41N9O9/c1-46(29-21-40-34(42-31(29)48)43-32(38)49)30(47)20-28(41-35(50)53-22-25-12-5-2-6-13-25)18-11-19-39-33(44-36(51)54-23-26-14-7-3-8-15-26)45-37(52)55-24-27-16-9-4-10-17-27/h2-10,12-17,21,28H,11,18-20,22-24H2,1H3,(H,41,50)(H2,39,44,45,51,52)(H4,38,40,42,43,48,49)/t28-/m0/s1. The fraction of sp³-hybridized carbons (Fsp3) is 0.243. The first kappa shape index (κ1) is 40.5. The predicted octanol–water partition coefficient (Wildman–Crippen LogP) is 3.90. The number of urea groups is 1. The highest BCUT2D eigenvalue weighted by Gasteiger charge is 2.22. The van der Waals surface area contributed by atoms with Gasteiger partial charge in [0.15, 0.2) is 0 Å². The number of nitrogens with two attached hydrogens (primary N) is 1. The van der Waals surface area contributed by atoms with Gasteiger partial charge in [-0.15, -0.1) is 0 Å². The number of nitrogens with zero attached hydrogens (tertiary/aromatic N) is 3. The van der Waals surface area contributed by atoms with E-state index in [0.717, 1.165) is 27.8 Å². The smallest absolute Gasteiger partial charge is 0.414 e.